The Bertz CT molecular complexity index is 408. The molecule has 16 heavy (non-hydrogen) atoms. The number of anilines is 1. The molecule has 0 bridgehead atoms. The van der Waals surface area contributed by atoms with E-state index < -0.39 is 0 Å². The van der Waals surface area contributed by atoms with E-state index in [2.05, 4.69) is 39.2 Å². The van der Waals surface area contributed by atoms with Crippen molar-refractivity contribution in [2.24, 2.45) is 11.3 Å². The zero-order chi connectivity index (χ0) is 11.2. The maximum absolute atomic E-state index is 4.43. The molecule has 1 aromatic rings. The highest BCUT2D eigenvalue weighted by molar-refractivity contribution is 9.10. The van der Waals surface area contributed by atoms with Crippen molar-refractivity contribution >= 4 is 21.7 Å². The molecule has 3 heteroatoms. The third kappa shape index (κ3) is 1.97. The molecule has 0 amide bonds. The van der Waals surface area contributed by atoms with Crippen molar-refractivity contribution < 1.29 is 0 Å². The van der Waals surface area contributed by atoms with Crippen LogP contribution in [0.5, 0.6) is 0 Å². The van der Waals surface area contributed by atoms with Gasteiger partial charge in [-0.2, -0.15) is 0 Å². The molecular formula is C13H17BrN2. The van der Waals surface area contributed by atoms with Crippen LogP contribution in [0, 0.1) is 18.3 Å². The largest absolute Gasteiger partial charge is 0.369 e. The van der Waals surface area contributed by atoms with E-state index in [0.717, 1.165) is 22.8 Å². The predicted octanol–water partition coefficient (Wildman–Crippen LogP) is 3.75. The van der Waals surface area contributed by atoms with Crippen LogP contribution in [-0.4, -0.2) is 11.5 Å². The molecule has 2 saturated carbocycles. The summed E-state index contributed by atoms with van der Waals surface area (Å²) in [7, 11) is 0. The average molecular weight is 281 g/mol. The molecule has 0 unspecified atom stereocenters. The Morgan fingerprint density at radius 1 is 1.50 bits per heavy atom. The Labute approximate surface area is 105 Å². The van der Waals surface area contributed by atoms with E-state index in [0.29, 0.717) is 5.41 Å². The van der Waals surface area contributed by atoms with Crippen LogP contribution >= 0.6 is 15.9 Å². The van der Waals surface area contributed by atoms with Crippen LogP contribution < -0.4 is 5.32 Å². The van der Waals surface area contributed by atoms with Gasteiger partial charge in [-0.05, 0) is 71.5 Å². The van der Waals surface area contributed by atoms with Gasteiger partial charge < -0.3 is 5.32 Å². The number of hydrogen-bond donors (Lipinski definition) is 1. The average Bonchev–Trinajstić information content (AvgIpc) is 3.11. The second-order valence-electron chi connectivity index (χ2n) is 5.31. The van der Waals surface area contributed by atoms with Crippen LogP contribution in [0.2, 0.25) is 0 Å². The van der Waals surface area contributed by atoms with Gasteiger partial charge in [-0.1, -0.05) is 0 Å². The van der Waals surface area contributed by atoms with E-state index in [1.807, 2.05) is 6.20 Å². The fraction of sp³-hybridized carbons (Fsp3) is 0.615. The van der Waals surface area contributed by atoms with E-state index in [9.17, 15) is 0 Å². The van der Waals surface area contributed by atoms with Crippen molar-refractivity contribution in [1.82, 2.24) is 4.98 Å². The third-order valence-electron chi connectivity index (χ3n) is 3.99. The lowest BCUT2D eigenvalue weighted by molar-refractivity contribution is 0.466. The summed E-state index contributed by atoms with van der Waals surface area (Å²) in [4.78, 5) is 4.43. The fourth-order valence-electron chi connectivity index (χ4n) is 2.57. The summed E-state index contributed by atoms with van der Waals surface area (Å²) in [5.74, 6) is 2.06. The quantitative estimate of drug-likeness (QED) is 0.909. The first-order valence-electron chi connectivity index (χ1n) is 6.06. The number of aromatic nitrogens is 1. The summed E-state index contributed by atoms with van der Waals surface area (Å²) < 4.78 is 1.05. The fourth-order valence-corrected chi connectivity index (χ4v) is 3.02. The minimum absolute atomic E-state index is 0.640. The predicted molar refractivity (Wildman–Crippen MR) is 69.6 cm³/mol. The van der Waals surface area contributed by atoms with Gasteiger partial charge in [-0.25, -0.2) is 4.98 Å². The molecule has 86 valence electrons. The van der Waals surface area contributed by atoms with Crippen molar-refractivity contribution in [3.63, 3.8) is 0 Å². The Morgan fingerprint density at radius 3 is 2.81 bits per heavy atom. The topological polar surface area (TPSA) is 24.9 Å². The molecule has 1 aromatic heterocycles. The summed E-state index contributed by atoms with van der Waals surface area (Å²) in [6.07, 6.45) is 7.61. The number of aryl methyl sites for hydroxylation is 1. The van der Waals surface area contributed by atoms with Gasteiger partial charge in [-0.3, -0.25) is 0 Å². The second-order valence-corrected chi connectivity index (χ2v) is 6.22. The lowest BCUT2D eigenvalue weighted by Crippen LogP contribution is -2.18. The van der Waals surface area contributed by atoms with Gasteiger partial charge >= 0.3 is 0 Å². The van der Waals surface area contributed by atoms with Crippen molar-refractivity contribution in [3.05, 3.63) is 22.3 Å². The van der Waals surface area contributed by atoms with Crippen molar-refractivity contribution in [2.45, 2.75) is 32.6 Å². The normalized spacial score (nSPS) is 21.9. The maximum atomic E-state index is 4.43. The second kappa shape index (κ2) is 3.73. The van der Waals surface area contributed by atoms with Gasteiger partial charge in [0, 0.05) is 17.2 Å². The first-order chi connectivity index (χ1) is 7.70. The van der Waals surface area contributed by atoms with E-state index in [1.54, 1.807) is 0 Å². The summed E-state index contributed by atoms with van der Waals surface area (Å²) >= 11 is 3.44. The molecule has 2 fully saturated rings. The van der Waals surface area contributed by atoms with Crippen LogP contribution in [0.1, 0.15) is 31.2 Å². The van der Waals surface area contributed by atoms with Crippen molar-refractivity contribution in [2.75, 3.05) is 11.9 Å². The van der Waals surface area contributed by atoms with Crippen LogP contribution in [0.15, 0.2) is 16.7 Å². The minimum atomic E-state index is 0.640. The zero-order valence-electron chi connectivity index (χ0n) is 9.59. The Kier molecular flexibility index (Phi) is 2.46. The number of hydrogen-bond acceptors (Lipinski definition) is 2. The lowest BCUT2D eigenvalue weighted by atomic mass is 10.0. The Balaban J connectivity index is 1.66. The van der Waals surface area contributed by atoms with Gasteiger partial charge in [0.1, 0.15) is 5.82 Å². The number of pyridine rings is 1. The molecule has 0 spiro atoms. The number of halogens is 1. The first kappa shape index (κ1) is 10.6. The molecule has 1 heterocycles. The van der Waals surface area contributed by atoms with E-state index in [4.69, 9.17) is 0 Å². The maximum Gasteiger partial charge on any atom is 0.128 e. The first-order valence-corrected chi connectivity index (χ1v) is 6.85. The zero-order valence-corrected chi connectivity index (χ0v) is 11.2. The van der Waals surface area contributed by atoms with Crippen LogP contribution in [0.4, 0.5) is 5.82 Å². The highest BCUT2D eigenvalue weighted by Gasteiger charge is 2.53. The third-order valence-corrected chi connectivity index (χ3v) is 4.42. The van der Waals surface area contributed by atoms with Gasteiger partial charge in [0.2, 0.25) is 0 Å². The Morgan fingerprint density at radius 2 is 2.25 bits per heavy atom. The number of nitrogens with one attached hydrogen (secondary N) is 1. The molecule has 2 aliphatic carbocycles. The highest BCUT2D eigenvalue weighted by atomic mass is 79.9. The molecule has 2 nitrogen and oxygen atoms in total. The van der Waals surface area contributed by atoms with E-state index >= 15 is 0 Å². The smallest absolute Gasteiger partial charge is 0.128 e. The molecule has 0 atom stereocenters. The van der Waals surface area contributed by atoms with Gasteiger partial charge in [0.25, 0.3) is 0 Å². The van der Waals surface area contributed by atoms with Gasteiger partial charge in [0.05, 0.1) is 0 Å². The summed E-state index contributed by atoms with van der Waals surface area (Å²) in [5, 5.41) is 3.53. The molecule has 2 aliphatic rings. The molecule has 0 aliphatic heterocycles. The van der Waals surface area contributed by atoms with Crippen molar-refractivity contribution in [1.29, 1.82) is 0 Å². The van der Waals surface area contributed by atoms with Gasteiger partial charge in [-0.15, -0.1) is 0 Å². The van der Waals surface area contributed by atoms with Crippen LogP contribution in [0.3, 0.4) is 0 Å². The SMILES string of the molecule is Cc1cc(Br)cnc1NCC1(C2CC2)CC1. The van der Waals surface area contributed by atoms with E-state index in [-0.39, 0.29) is 0 Å². The lowest BCUT2D eigenvalue weighted by Gasteiger charge is -2.16. The molecular weight excluding hydrogens is 264 g/mol. The number of nitrogens with zero attached hydrogens (tertiary/aromatic N) is 1. The molecule has 3 rings (SSSR count). The van der Waals surface area contributed by atoms with Gasteiger partial charge in [0.15, 0.2) is 0 Å². The Hall–Kier alpha value is -0.570. The summed E-state index contributed by atoms with van der Waals surface area (Å²) in [6.45, 7) is 3.23. The minimum Gasteiger partial charge on any atom is -0.369 e. The number of rotatable bonds is 4. The summed E-state index contributed by atoms with van der Waals surface area (Å²) in [6, 6.07) is 2.12. The monoisotopic (exact) mass is 280 g/mol. The van der Waals surface area contributed by atoms with Crippen molar-refractivity contribution in [3.8, 4) is 0 Å². The molecule has 0 aromatic carbocycles. The molecule has 0 saturated heterocycles. The van der Waals surface area contributed by atoms with Crippen LogP contribution in [-0.2, 0) is 0 Å². The summed E-state index contributed by atoms with van der Waals surface area (Å²) in [5.41, 5.74) is 1.86. The van der Waals surface area contributed by atoms with E-state index in [1.165, 1.54) is 31.2 Å². The standard InChI is InChI=1S/C13H17BrN2/c1-9-6-11(14)7-15-12(9)16-8-13(4-5-13)10-2-3-10/h6-7,10H,2-5,8H2,1H3,(H,15,16). The molecule has 0 radical (unpaired) electrons. The highest BCUT2D eigenvalue weighted by Crippen LogP contribution is 2.61. The molecule has 1 N–H and O–H groups in total. The van der Waals surface area contributed by atoms with Crippen LogP contribution in [0.25, 0.3) is 0 Å².